The van der Waals surface area contributed by atoms with E-state index in [1.165, 1.54) is 0 Å². The first-order chi connectivity index (χ1) is 11.8. The molecule has 0 saturated carbocycles. The summed E-state index contributed by atoms with van der Waals surface area (Å²) in [5.41, 5.74) is 0.607. The van der Waals surface area contributed by atoms with Crippen LogP contribution in [0.4, 0.5) is 0 Å². The van der Waals surface area contributed by atoms with E-state index in [0.29, 0.717) is 32.0 Å². The monoisotopic (exact) mass is 368 g/mol. The summed E-state index contributed by atoms with van der Waals surface area (Å²) < 4.78 is 35.8. The summed E-state index contributed by atoms with van der Waals surface area (Å²) in [6, 6.07) is 0. The van der Waals surface area contributed by atoms with Crippen LogP contribution in [0.25, 0.3) is 0 Å². The smallest absolute Gasteiger partial charge is 0.220 e. The molecule has 25 heavy (non-hydrogen) atoms. The third-order valence-electron chi connectivity index (χ3n) is 5.70. The molecule has 1 spiro atoms. The third kappa shape index (κ3) is 3.03. The second kappa shape index (κ2) is 6.04. The van der Waals surface area contributed by atoms with Crippen LogP contribution in [0.5, 0.6) is 0 Å². The number of ether oxygens (including phenoxy) is 1. The Kier molecular flexibility index (Phi) is 4.22. The maximum Gasteiger partial charge on any atom is 0.220 e. The fourth-order valence-electron chi connectivity index (χ4n) is 4.58. The van der Waals surface area contributed by atoms with Crippen molar-refractivity contribution in [1.82, 2.24) is 19.0 Å². The molecule has 3 aliphatic rings. The van der Waals surface area contributed by atoms with Gasteiger partial charge in [0.05, 0.1) is 12.3 Å². The number of likely N-dealkylation sites (tertiary alicyclic amines) is 1. The van der Waals surface area contributed by atoms with Crippen LogP contribution in [0.2, 0.25) is 0 Å². The second-order valence-electron chi connectivity index (χ2n) is 8.28. The van der Waals surface area contributed by atoms with E-state index in [-0.39, 0.29) is 11.4 Å². The zero-order chi connectivity index (χ0) is 17.8. The first kappa shape index (κ1) is 17.5. The van der Waals surface area contributed by atoms with Crippen LogP contribution in [-0.4, -0.2) is 70.5 Å². The standard InChI is InChI=1S/C17H28N4O3S/c1-13(2)4-5-21-12-17-11-20(9-14-7-18-19(3)8-14)10-15(24-17)6-16(17)25(21,22)23/h7-8,13,15-16H,4-6,9-12H2,1-3H3/t15-,16-,17-/m1/s1. The van der Waals surface area contributed by atoms with Crippen molar-refractivity contribution in [1.29, 1.82) is 0 Å². The summed E-state index contributed by atoms with van der Waals surface area (Å²) in [4.78, 5) is 2.34. The summed E-state index contributed by atoms with van der Waals surface area (Å²) in [7, 11) is -1.34. The van der Waals surface area contributed by atoms with Crippen molar-refractivity contribution in [2.45, 2.75) is 50.2 Å². The zero-order valence-electron chi connectivity index (χ0n) is 15.3. The highest BCUT2D eigenvalue weighted by Gasteiger charge is 2.64. The largest absolute Gasteiger partial charge is 0.366 e. The van der Waals surface area contributed by atoms with E-state index in [9.17, 15) is 8.42 Å². The Morgan fingerprint density at radius 1 is 1.40 bits per heavy atom. The fourth-order valence-corrected chi connectivity index (χ4v) is 6.91. The van der Waals surface area contributed by atoms with Gasteiger partial charge < -0.3 is 4.74 Å². The average Bonchev–Trinajstić information content (AvgIpc) is 3.09. The second-order valence-corrected chi connectivity index (χ2v) is 10.4. The lowest BCUT2D eigenvalue weighted by Crippen LogP contribution is -2.54. The Labute approximate surface area is 150 Å². The number of morpholine rings is 1. The van der Waals surface area contributed by atoms with E-state index < -0.39 is 15.6 Å². The number of nitrogens with zero attached hydrogens (tertiary/aromatic N) is 4. The highest BCUT2D eigenvalue weighted by atomic mass is 32.2. The van der Waals surface area contributed by atoms with Gasteiger partial charge in [0.1, 0.15) is 10.9 Å². The van der Waals surface area contributed by atoms with Crippen molar-refractivity contribution >= 4 is 10.0 Å². The number of aryl methyl sites for hydroxylation is 1. The molecule has 1 aromatic heterocycles. The van der Waals surface area contributed by atoms with Crippen molar-refractivity contribution in [3.63, 3.8) is 0 Å². The van der Waals surface area contributed by atoms with Crippen LogP contribution >= 0.6 is 0 Å². The van der Waals surface area contributed by atoms with E-state index in [0.717, 1.165) is 25.1 Å². The highest BCUT2D eigenvalue weighted by molar-refractivity contribution is 7.90. The molecule has 3 saturated heterocycles. The SMILES string of the molecule is CC(C)CCN1C[C@]23CN(Cc4cnn(C)c4)C[C@@H](C[C@H]2S1(=O)=O)O3. The predicted molar refractivity (Wildman–Crippen MR) is 94.4 cm³/mol. The van der Waals surface area contributed by atoms with Crippen molar-refractivity contribution in [3.8, 4) is 0 Å². The molecule has 4 rings (SSSR count). The molecule has 3 atom stereocenters. The molecule has 0 N–H and O–H groups in total. The molecule has 0 unspecified atom stereocenters. The molecule has 0 amide bonds. The van der Waals surface area contributed by atoms with Gasteiger partial charge in [0.15, 0.2) is 0 Å². The molecule has 0 aliphatic carbocycles. The molecule has 3 fully saturated rings. The Morgan fingerprint density at radius 2 is 2.20 bits per heavy atom. The van der Waals surface area contributed by atoms with Crippen molar-refractivity contribution in [2.24, 2.45) is 13.0 Å². The maximum atomic E-state index is 13.0. The van der Waals surface area contributed by atoms with Gasteiger partial charge in [-0.1, -0.05) is 13.8 Å². The van der Waals surface area contributed by atoms with Crippen LogP contribution in [0.1, 0.15) is 32.3 Å². The molecule has 1 aromatic rings. The van der Waals surface area contributed by atoms with Gasteiger partial charge in [-0.2, -0.15) is 9.40 Å². The maximum absolute atomic E-state index is 13.0. The van der Waals surface area contributed by atoms with E-state index in [4.69, 9.17) is 4.74 Å². The number of rotatable bonds is 5. The Bertz CT molecular complexity index is 747. The lowest BCUT2D eigenvalue weighted by atomic mass is 9.99. The van der Waals surface area contributed by atoms with Crippen LogP contribution in [0, 0.1) is 5.92 Å². The highest BCUT2D eigenvalue weighted by Crippen LogP contribution is 2.46. The molecule has 140 valence electrons. The first-order valence-corrected chi connectivity index (χ1v) is 10.7. The first-order valence-electron chi connectivity index (χ1n) is 9.15. The third-order valence-corrected chi connectivity index (χ3v) is 8.07. The van der Waals surface area contributed by atoms with E-state index >= 15 is 0 Å². The lowest BCUT2D eigenvalue weighted by molar-refractivity contribution is -0.110. The fraction of sp³-hybridized carbons (Fsp3) is 0.824. The van der Waals surface area contributed by atoms with Gasteiger partial charge in [-0.05, 0) is 18.8 Å². The van der Waals surface area contributed by atoms with Gasteiger partial charge in [0.2, 0.25) is 10.0 Å². The predicted octanol–water partition coefficient (Wildman–Crippen LogP) is 0.824. The van der Waals surface area contributed by atoms with Gasteiger partial charge in [0.25, 0.3) is 0 Å². The van der Waals surface area contributed by atoms with Gasteiger partial charge in [-0.25, -0.2) is 8.42 Å². The number of hydrogen-bond acceptors (Lipinski definition) is 5. The van der Waals surface area contributed by atoms with Gasteiger partial charge in [-0.15, -0.1) is 0 Å². The molecule has 0 radical (unpaired) electrons. The summed E-state index contributed by atoms with van der Waals surface area (Å²) in [6.45, 7) is 7.65. The van der Waals surface area contributed by atoms with Gasteiger partial charge in [0, 0.05) is 51.5 Å². The molecule has 2 bridgehead atoms. The molecule has 4 heterocycles. The number of aromatic nitrogens is 2. The van der Waals surface area contributed by atoms with Crippen LogP contribution in [-0.2, 0) is 28.4 Å². The lowest BCUT2D eigenvalue weighted by Gasteiger charge is -2.39. The van der Waals surface area contributed by atoms with Crippen molar-refractivity contribution in [2.75, 3.05) is 26.2 Å². The van der Waals surface area contributed by atoms with E-state index in [1.54, 1.807) is 8.99 Å². The minimum atomic E-state index is -3.25. The number of sulfonamides is 1. The van der Waals surface area contributed by atoms with E-state index in [2.05, 4.69) is 23.8 Å². The summed E-state index contributed by atoms with van der Waals surface area (Å²) in [6.07, 6.45) is 5.45. The Morgan fingerprint density at radius 3 is 2.88 bits per heavy atom. The normalized spacial score (nSPS) is 34.7. The van der Waals surface area contributed by atoms with Crippen LogP contribution in [0.15, 0.2) is 12.4 Å². The minimum Gasteiger partial charge on any atom is -0.366 e. The minimum absolute atomic E-state index is 0.0254. The molecule has 3 aliphatic heterocycles. The topological polar surface area (TPSA) is 67.7 Å². The summed E-state index contributed by atoms with van der Waals surface area (Å²) >= 11 is 0. The molecule has 8 heteroatoms. The quantitative estimate of drug-likeness (QED) is 0.770. The van der Waals surface area contributed by atoms with Crippen molar-refractivity contribution < 1.29 is 13.2 Å². The number of hydrogen-bond donors (Lipinski definition) is 0. The van der Waals surface area contributed by atoms with Crippen molar-refractivity contribution in [3.05, 3.63) is 18.0 Å². The summed E-state index contributed by atoms with van der Waals surface area (Å²) in [5, 5.41) is 3.85. The average molecular weight is 369 g/mol. The van der Waals surface area contributed by atoms with Crippen LogP contribution < -0.4 is 0 Å². The van der Waals surface area contributed by atoms with Crippen LogP contribution in [0.3, 0.4) is 0 Å². The van der Waals surface area contributed by atoms with Gasteiger partial charge in [-0.3, -0.25) is 9.58 Å². The zero-order valence-corrected chi connectivity index (χ0v) is 16.1. The van der Waals surface area contributed by atoms with Gasteiger partial charge >= 0.3 is 0 Å². The molecule has 7 nitrogen and oxygen atoms in total. The Balaban J connectivity index is 1.52. The molecular weight excluding hydrogens is 340 g/mol. The summed E-state index contributed by atoms with van der Waals surface area (Å²) in [5.74, 6) is 0.496. The Hall–Kier alpha value is -0.960. The number of fused-ring (bicyclic) bond motifs is 1. The molecule has 0 aromatic carbocycles. The van der Waals surface area contributed by atoms with E-state index in [1.807, 2.05) is 19.4 Å². The molecular formula is C17H28N4O3S.